The van der Waals surface area contributed by atoms with Crippen molar-refractivity contribution >= 4 is 23.4 Å². The Bertz CT molecular complexity index is 475. The SMILES string of the molecule is CCOC(=O)c1cc(C(F)F)ccc1C(=O)CCCl. The number of benzene rings is 1. The van der Waals surface area contributed by atoms with Gasteiger partial charge in [-0.15, -0.1) is 11.6 Å². The maximum Gasteiger partial charge on any atom is 0.338 e. The van der Waals surface area contributed by atoms with Crippen molar-refractivity contribution in [3.05, 3.63) is 34.9 Å². The standard InChI is InChI=1S/C13H13ClF2O3/c1-2-19-13(18)10-7-8(12(15)16)3-4-9(10)11(17)5-6-14/h3-4,7,12H,2,5-6H2,1H3. The first-order valence-electron chi connectivity index (χ1n) is 5.69. The van der Waals surface area contributed by atoms with Gasteiger partial charge in [-0.1, -0.05) is 12.1 Å². The molecule has 0 atom stereocenters. The number of ketones is 1. The van der Waals surface area contributed by atoms with E-state index < -0.39 is 12.4 Å². The van der Waals surface area contributed by atoms with Crippen molar-refractivity contribution < 1.29 is 23.1 Å². The largest absolute Gasteiger partial charge is 0.462 e. The summed E-state index contributed by atoms with van der Waals surface area (Å²) in [5.41, 5.74) is -0.413. The van der Waals surface area contributed by atoms with Crippen molar-refractivity contribution in [2.75, 3.05) is 12.5 Å². The van der Waals surface area contributed by atoms with E-state index in [2.05, 4.69) is 0 Å². The highest BCUT2D eigenvalue weighted by molar-refractivity contribution is 6.20. The number of rotatable bonds is 6. The maximum atomic E-state index is 12.6. The van der Waals surface area contributed by atoms with Crippen LogP contribution in [0.5, 0.6) is 0 Å². The molecule has 0 aromatic heterocycles. The van der Waals surface area contributed by atoms with Crippen LogP contribution in [-0.4, -0.2) is 24.2 Å². The average molecular weight is 291 g/mol. The Balaban J connectivity index is 3.22. The zero-order valence-corrected chi connectivity index (χ0v) is 11.0. The monoisotopic (exact) mass is 290 g/mol. The molecule has 0 saturated heterocycles. The van der Waals surface area contributed by atoms with Crippen molar-refractivity contribution in [3.8, 4) is 0 Å². The maximum absolute atomic E-state index is 12.6. The van der Waals surface area contributed by atoms with Crippen LogP contribution in [0.3, 0.4) is 0 Å². The molecule has 0 spiro atoms. The van der Waals surface area contributed by atoms with Crippen LogP contribution in [0.4, 0.5) is 8.78 Å². The minimum absolute atomic E-state index is 0.0297. The highest BCUT2D eigenvalue weighted by atomic mass is 35.5. The van der Waals surface area contributed by atoms with Gasteiger partial charge in [0.25, 0.3) is 6.43 Å². The van der Waals surface area contributed by atoms with Crippen LogP contribution in [0, 0.1) is 0 Å². The Morgan fingerprint density at radius 2 is 2.00 bits per heavy atom. The van der Waals surface area contributed by atoms with Crippen molar-refractivity contribution in [1.82, 2.24) is 0 Å². The van der Waals surface area contributed by atoms with Gasteiger partial charge in [0.05, 0.1) is 12.2 Å². The summed E-state index contributed by atoms with van der Waals surface area (Å²) in [5, 5.41) is 0. The summed E-state index contributed by atoms with van der Waals surface area (Å²) in [4.78, 5) is 23.5. The number of ether oxygens (including phenoxy) is 1. The molecule has 0 aliphatic heterocycles. The van der Waals surface area contributed by atoms with E-state index in [0.29, 0.717) is 0 Å². The number of hydrogen-bond donors (Lipinski definition) is 0. The quantitative estimate of drug-likeness (QED) is 0.457. The lowest BCUT2D eigenvalue weighted by molar-refractivity contribution is 0.0522. The van der Waals surface area contributed by atoms with Gasteiger partial charge < -0.3 is 4.74 Å². The topological polar surface area (TPSA) is 43.4 Å². The van der Waals surface area contributed by atoms with Crippen LogP contribution in [0.1, 0.15) is 46.0 Å². The summed E-state index contributed by atoms with van der Waals surface area (Å²) in [6.45, 7) is 1.69. The van der Waals surface area contributed by atoms with Gasteiger partial charge in [-0.25, -0.2) is 13.6 Å². The predicted molar refractivity (Wildman–Crippen MR) is 67.0 cm³/mol. The van der Waals surface area contributed by atoms with Gasteiger partial charge in [0.1, 0.15) is 0 Å². The molecule has 1 aromatic carbocycles. The van der Waals surface area contributed by atoms with E-state index in [1.165, 1.54) is 6.07 Å². The van der Waals surface area contributed by atoms with E-state index in [9.17, 15) is 18.4 Å². The number of hydrogen-bond acceptors (Lipinski definition) is 3. The summed E-state index contributed by atoms with van der Waals surface area (Å²) < 4.78 is 30.0. The zero-order valence-electron chi connectivity index (χ0n) is 10.3. The fourth-order valence-electron chi connectivity index (χ4n) is 1.54. The second-order valence-corrected chi connectivity index (χ2v) is 4.07. The molecule has 0 N–H and O–H groups in total. The van der Waals surface area contributed by atoms with E-state index in [-0.39, 0.29) is 41.4 Å². The highest BCUT2D eigenvalue weighted by Crippen LogP contribution is 2.23. The molecule has 6 heteroatoms. The highest BCUT2D eigenvalue weighted by Gasteiger charge is 2.20. The third-order valence-corrected chi connectivity index (χ3v) is 2.60. The van der Waals surface area contributed by atoms with Gasteiger partial charge in [0.2, 0.25) is 0 Å². The predicted octanol–water partition coefficient (Wildman–Crippen LogP) is 3.61. The molecule has 0 amide bonds. The molecule has 104 valence electrons. The number of alkyl halides is 3. The van der Waals surface area contributed by atoms with Crippen molar-refractivity contribution in [2.24, 2.45) is 0 Å². The molecule has 0 unspecified atom stereocenters. The number of halogens is 3. The Labute approximate surface area is 114 Å². The molecule has 0 saturated carbocycles. The molecule has 0 fully saturated rings. The first kappa shape index (κ1) is 15.6. The third-order valence-electron chi connectivity index (χ3n) is 2.41. The molecule has 0 bridgehead atoms. The number of esters is 1. The van der Waals surface area contributed by atoms with Gasteiger partial charge in [0, 0.05) is 23.4 Å². The number of Topliss-reactive ketones (excluding diaryl/α,β-unsaturated/α-hetero) is 1. The van der Waals surface area contributed by atoms with Crippen molar-refractivity contribution in [3.63, 3.8) is 0 Å². The van der Waals surface area contributed by atoms with Crippen LogP contribution in [0.15, 0.2) is 18.2 Å². The van der Waals surface area contributed by atoms with Crippen LogP contribution in [-0.2, 0) is 4.74 Å². The van der Waals surface area contributed by atoms with E-state index in [0.717, 1.165) is 12.1 Å². The van der Waals surface area contributed by atoms with E-state index >= 15 is 0 Å². The Morgan fingerprint density at radius 3 is 2.53 bits per heavy atom. The summed E-state index contributed by atoms with van der Waals surface area (Å²) >= 11 is 5.46. The van der Waals surface area contributed by atoms with Gasteiger partial charge in [-0.05, 0) is 13.0 Å². The molecule has 0 radical (unpaired) electrons. The van der Waals surface area contributed by atoms with E-state index in [1.807, 2.05) is 0 Å². The second-order valence-electron chi connectivity index (χ2n) is 3.69. The normalized spacial score (nSPS) is 10.6. The molecular formula is C13H13ClF2O3. The van der Waals surface area contributed by atoms with Crippen molar-refractivity contribution in [1.29, 1.82) is 0 Å². The van der Waals surface area contributed by atoms with Crippen LogP contribution >= 0.6 is 11.6 Å². The minimum atomic E-state index is -2.72. The summed E-state index contributed by atoms with van der Waals surface area (Å²) in [5.74, 6) is -1.07. The Morgan fingerprint density at radius 1 is 1.32 bits per heavy atom. The van der Waals surface area contributed by atoms with E-state index in [1.54, 1.807) is 6.92 Å². The second kappa shape index (κ2) is 7.19. The molecule has 3 nitrogen and oxygen atoms in total. The fourth-order valence-corrected chi connectivity index (χ4v) is 1.71. The zero-order chi connectivity index (χ0) is 14.4. The Hall–Kier alpha value is -1.49. The third kappa shape index (κ3) is 3.99. The number of carbonyl (C=O) groups is 2. The van der Waals surface area contributed by atoms with Gasteiger partial charge in [-0.2, -0.15) is 0 Å². The molecule has 1 aromatic rings. The lowest BCUT2D eigenvalue weighted by Gasteiger charge is -2.09. The lowest BCUT2D eigenvalue weighted by Crippen LogP contribution is -2.13. The molecule has 1 rings (SSSR count). The minimum Gasteiger partial charge on any atom is -0.462 e. The summed E-state index contributed by atoms with van der Waals surface area (Å²) in [6.07, 6.45) is -2.69. The first-order chi connectivity index (χ1) is 9.01. The molecular weight excluding hydrogens is 278 g/mol. The summed E-state index contributed by atoms with van der Waals surface area (Å²) in [7, 11) is 0. The van der Waals surface area contributed by atoms with Gasteiger partial charge in [0.15, 0.2) is 5.78 Å². The number of carbonyl (C=O) groups excluding carboxylic acids is 2. The molecule has 19 heavy (non-hydrogen) atoms. The van der Waals surface area contributed by atoms with Crippen LogP contribution in [0.25, 0.3) is 0 Å². The first-order valence-corrected chi connectivity index (χ1v) is 6.23. The molecule has 0 aliphatic carbocycles. The molecule has 0 aliphatic rings. The average Bonchev–Trinajstić information content (AvgIpc) is 2.38. The fraction of sp³-hybridized carbons (Fsp3) is 0.385. The van der Waals surface area contributed by atoms with Crippen LogP contribution in [0.2, 0.25) is 0 Å². The van der Waals surface area contributed by atoms with Crippen LogP contribution < -0.4 is 0 Å². The lowest BCUT2D eigenvalue weighted by atomic mass is 9.99. The van der Waals surface area contributed by atoms with Gasteiger partial charge in [-0.3, -0.25) is 4.79 Å². The molecule has 0 heterocycles. The van der Waals surface area contributed by atoms with Crippen molar-refractivity contribution in [2.45, 2.75) is 19.8 Å². The van der Waals surface area contributed by atoms with Gasteiger partial charge >= 0.3 is 5.97 Å². The summed E-state index contributed by atoms with van der Waals surface area (Å²) in [6, 6.07) is 3.32. The van der Waals surface area contributed by atoms with E-state index in [4.69, 9.17) is 16.3 Å². The Kier molecular flexibility index (Phi) is 5.89. The smallest absolute Gasteiger partial charge is 0.338 e.